The van der Waals surface area contributed by atoms with Gasteiger partial charge in [-0.2, -0.15) is 0 Å². The molecule has 0 bridgehead atoms. The standard InChI is InChI=1S/C7H13/c1-6(2)5-7(3)4/h1,6H,5H2,2-4H3. The second kappa shape index (κ2) is 3.06. The van der Waals surface area contributed by atoms with Crippen LogP contribution in [0.1, 0.15) is 27.2 Å². The fraction of sp³-hybridized carbons (Fsp3) is 0.714. The first-order valence-electron chi connectivity index (χ1n) is 2.67. The lowest BCUT2D eigenvalue weighted by atomic mass is 10.0. The van der Waals surface area contributed by atoms with Crippen molar-refractivity contribution in [1.29, 1.82) is 0 Å². The predicted octanol–water partition coefficient (Wildman–Crippen LogP) is 2.34. The first kappa shape index (κ1) is 7.00. The summed E-state index contributed by atoms with van der Waals surface area (Å²) in [5.74, 6) is 1.75. The van der Waals surface area contributed by atoms with Crippen molar-refractivity contribution in [3.63, 3.8) is 0 Å². The van der Waals surface area contributed by atoms with Crippen LogP contribution < -0.4 is 0 Å². The maximum atomic E-state index is 5.47. The van der Waals surface area contributed by atoms with Crippen LogP contribution in [0.3, 0.4) is 0 Å². The molecule has 0 heteroatoms. The van der Waals surface area contributed by atoms with Crippen molar-refractivity contribution < 1.29 is 0 Å². The lowest BCUT2D eigenvalue weighted by molar-refractivity contribution is 0.658. The molecule has 1 unspecified atom stereocenters. The molecule has 7 heavy (non-hydrogen) atoms. The highest BCUT2D eigenvalue weighted by atomic mass is 14.0. The monoisotopic (exact) mass is 97.1 g/mol. The molecule has 0 aromatic heterocycles. The molecule has 0 spiro atoms. The zero-order valence-corrected chi connectivity index (χ0v) is 5.36. The molecule has 0 nitrogen and oxygen atoms in total. The molecule has 0 amide bonds. The smallest absolute Gasteiger partial charge is 0.0300 e. The van der Waals surface area contributed by atoms with Gasteiger partial charge in [0.1, 0.15) is 0 Å². The second-order valence-corrected chi connectivity index (χ2v) is 2.39. The van der Waals surface area contributed by atoms with Crippen molar-refractivity contribution in [2.24, 2.45) is 5.92 Å². The van der Waals surface area contributed by atoms with Crippen LogP contribution in [-0.2, 0) is 0 Å². The molecule has 0 aliphatic carbocycles. The van der Waals surface area contributed by atoms with Crippen molar-refractivity contribution in [3.8, 4) is 0 Å². The van der Waals surface area contributed by atoms with Gasteiger partial charge in [-0.25, -0.2) is 0 Å². The summed E-state index contributed by atoms with van der Waals surface area (Å²) in [6, 6.07) is 0. The second-order valence-electron chi connectivity index (χ2n) is 2.39. The fourth-order valence-electron chi connectivity index (χ4n) is 0.644. The van der Waals surface area contributed by atoms with Crippen molar-refractivity contribution >= 4 is 0 Å². The Morgan fingerprint density at radius 2 is 2.00 bits per heavy atom. The zero-order valence-electron chi connectivity index (χ0n) is 5.36. The minimum absolute atomic E-state index is 0.338. The third-order valence-corrected chi connectivity index (χ3v) is 0.730. The maximum absolute atomic E-state index is 5.47. The molecule has 0 fully saturated rings. The Labute approximate surface area is 46.9 Å². The van der Waals surface area contributed by atoms with Gasteiger partial charge >= 0.3 is 0 Å². The lowest BCUT2D eigenvalue weighted by Gasteiger charge is -2.04. The van der Waals surface area contributed by atoms with E-state index in [1.54, 1.807) is 0 Å². The van der Waals surface area contributed by atoms with Crippen LogP contribution >= 0.6 is 0 Å². The van der Waals surface area contributed by atoms with E-state index in [9.17, 15) is 0 Å². The molecule has 0 aliphatic rings. The Morgan fingerprint density at radius 1 is 1.57 bits per heavy atom. The van der Waals surface area contributed by atoms with Gasteiger partial charge in [0.25, 0.3) is 0 Å². The minimum Gasteiger partial charge on any atom is -0.0622 e. The van der Waals surface area contributed by atoms with Gasteiger partial charge in [0, 0.05) is 0 Å². The van der Waals surface area contributed by atoms with E-state index in [0.29, 0.717) is 5.92 Å². The van der Waals surface area contributed by atoms with Crippen molar-refractivity contribution in [2.75, 3.05) is 0 Å². The van der Waals surface area contributed by atoms with Gasteiger partial charge in [-0.1, -0.05) is 20.8 Å². The minimum atomic E-state index is 0.338. The molecule has 0 aromatic rings. The zero-order chi connectivity index (χ0) is 5.86. The van der Waals surface area contributed by atoms with E-state index in [2.05, 4.69) is 13.8 Å². The van der Waals surface area contributed by atoms with E-state index in [1.165, 1.54) is 5.92 Å². The van der Waals surface area contributed by atoms with E-state index in [0.717, 1.165) is 6.42 Å². The van der Waals surface area contributed by atoms with Crippen LogP contribution in [0.4, 0.5) is 0 Å². The Hall–Kier alpha value is 0. The summed E-state index contributed by atoms with van der Waals surface area (Å²) in [5.41, 5.74) is 0. The molecule has 1 atom stereocenters. The summed E-state index contributed by atoms with van der Waals surface area (Å²) in [4.78, 5) is 0. The van der Waals surface area contributed by atoms with Gasteiger partial charge in [-0.05, 0) is 25.2 Å². The van der Waals surface area contributed by atoms with E-state index < -0.39 is 0 Å². The molecule has 41 valence electrons. The predicted molar refractivity (Wildman–Crippen MR) is 32.7 cm³/mol. The summed E-state index contributed by atoms with van der Waals surface area (Å²) < 4.78 is 0. The molecule has 0 saturated heterocycles. The van der Waals surface area contributed by atoms with Crippen LogP contribution in [0.5, 0.6) is 0 Å². The quantitative estimate of drug-likeness (QED) is 0.496. The highest BCUT2D eigenvalue weighted by molar-refractivity contribution is 4.79. The third kappa shape index (κ3) is 6.00. The van der Waals surface area contributed by atoms with Crippen molar-refractivity contribution in [1.82, 2.24) is 0 Å². The van der Waals surface area contributed by atoms with Gasteiger partial charge in [-0.3, -0.25) is 0 Å². The Kier molecular flexibility index (Phi) is 3.06. The molecule has 0 aliphatic heterocycles. The summed E-state index contributed by atoms with van der Waals surface area (Å²) >= 11 is 0. The molecule has 0 N–H and O–H groups in total. The normalized spacial score (nSPS) is 11.1. The van der Waals surface area contributed by atoms with Gasteiger partial charge in [0.05, 0.1) is 0 Å². The van der Waals surface area contributed by atoms with Crippen LogP contribution in [0.15, 0.2) is 0 Å². The number of hydrogen-bond acceptors (Lipinski definition) is 0. The van der Waals surface area contributed by atoms with Crippen molar-refractivity contribution in [2.45, 2.75) is 27.2 Å². The average Bonchev–Trinajstić information content (AvgIpc) is 1.27. The molecule has 0 rings (SSSR count). The largest absolute Gasteiger partial charge is 0.0622 e. The average molecular weight is 97.2 g/mol. The molecule has 0 heterocycles. The van der Waals surface area contributed by atoms with Crippen LogP contribution in [0.25, 0.3) is 0 Å². The number of rotatable bonds is 2. The first-order valence-corrected chi connectivity index (χ1v) is 2.67. The molecular weight excluding hydrogens is 84.1 g/mol. The molecule has 3 radical (unpaired) electrons. The summed E-state index contributed by atoms with van der Waals surface area (Å²) in [5, 5.41) is 0. The lowest BCUT2D eigenvalue weighted by Crippen LogP contribution is -1.91. The Bertz CT molecular complexity index is 29.3. The third-order valence-electron chi connectivity index (χ3n) is 0.730. The van der Waals surface area contributed by atoms with E-state index in [1.807, 2.05) is 6.92 Å². The van der Waals surface area contributed by atoms with Crippen LogP contribution in [0.2, 0.25) is 0 Å². The highest BCUT2D eigenvalue weighted by Gasteiger charge is 1.96. The number of hydrogen-bond donors (Lipinski definition) is 0. The SMILES string of the molecule is [CH]C(C)C[C](C)C. The summed E-state index contributed by atoms with van der Waals surface area (Å²) in [7, 11) is 0. The summed E-state index contributed by atoms with van der Waals surface area (Å²) in [6.07, 6.45) is 1.06. The van der Waals surface area contributed by atoms with Gasteiger partial charge < -0.3 is 0 Å². The van der Waals surface area contributed by atoms with Crippen molar-refractivity contribution in [3.05, 3.63) is 12.8 Å². The molecule has 0 aromatic carbocycles. The molecule has 0 saturated carbocycles. The van der Waals surface area contributed by atoms with Gasteiger partial charge in [0.15, 0.2) is 0 Å². The van der Waals surface area contributed by atoms with E-state index in [-0.39, 0.29) is 0 Å². The van der Waals surface area contributed by atoms with Crippen LogP contribution in [-0.4, -0.2) is 0 Å². The van der Waals surface area contributed by atoms with Gasteiger partial charge in [0.2, 0.25) is 0 Å². The topological polar surface area (TPSA) is 0 Å². The highest BCUT2D eigenvalue weighted by Crippen LogP contribution is 2.09. The summed E-state index contributed by atoms with van der Waals surface area (Å²) in [6.45, 7) is 11.7. The molecular formula is C7H13. The van der Waals surface area contributed by atoms with E-state index >= 15 is 0 Å². The Balaban J connectivity index is 2.95. The maximum Gasteiger partial charge on any atom is -0.0300 e. The fourth-order valence-corrected chi connectivity index (χ4v) is 0.644. The first-order chi connectivity index (χ1) is 3.13. The van der Waals surface area contributed by atoms with Crippen LogP contribution in [0, 0.1) is 18.8 Å². The Morgan fingerprint density at radius 3 is 2.00 bits per heavy atom. The van der Waals surface area contributed by atoms with Gasteiger partial charge in [-0.15, -0.1) is 0 Å². The van der Waals surface area contributed by atoms with E-state index in [4.69, 9.17) is 6.92 Å².